The van der Waals surface area contributed by atoms with Gasteiger partial charge in [-0.05, 0) is 51.8 Å². The van der Waals surface area contributed by atoms with E-state index in [1.54, 1.807) is 13.1 Å². The van der Waals surface area contributed by atoms with Gasteiger partial charge >= 0.3 is 0 Å². The Hall–Kier alpha value is -3.22. The largest absolute Gasteiger partial charge is 0.477 e. The summed E-state index contributed by atoms with van der Waals surface area (Å²) in [5.41, 5.74) is 2.26. The molecule has 1 amide bonds. The van der Waals surface area contributed by atoms with Crippen molar-refractivity contribution in [2.75, 3.05) is 13.2 Å². The lowest BCUT2D eigenvalue weighted by atomic mass is 9.92. The summed E-state index contributed by atoms with van der Waals surface area (Å²) < 4.78 is 11.3. The zero-order valence-corrected chi connectivity index (χ0v) is 17.5. The van der Waals surface area contributed by atoms with Crippen molar-refractivity contribution in [2.45, 2.75) is 39.7 Å². The number of aromatic nitrogens is 3. The van der Waals surface area contributed by atoms with Gasteiger partial charge in [-0.15, -0.1) is 0 Å². The fraction of sp³-hybridized carbons (Fsp3) is 0.391. The van der Waals surface area contributed by atoms with Crippen molar-refractivity contribution >= 4 is 5.91 Å². The maximum atomic E-state index is 13.5. The van der Waals surface area contributed by atoms with Gasteiger partial charge in [0.15, 0.2) is 5.82 Å². The lowest BCUT2D eigenvalue weighted by molar-refractivity contribution is 0.0502. The van der Waals surface area contributed by atoms with E-state index in [4.69, 9.17) is 9.26 Å². The number of aryl methyl sites for hydroxylation is 2. The molecule has 3 aromatic rings. The standard InChI is InChI=1S/C23H26N4O3/c1-15-7-6-12-24-21(15)29-14-18-11-10-16(2)27(13-18)23(28)20-9-5-4-8-19(20)22-25-17(3)26-30-22/h4-9,12,16,18H,10-11,13-14H2,1-3H3. The van der Waals surface area contributed by atoms with Gasteiger partial charge in [-0.3, -0.25) is 4.79 Å². The van der Waals surface area contributed by atoms with Crippen LogP contribution in [0.1, 0.15) is 41.5 Å². The van der Waals surface area contributed by atoms with E-state index in [0.717, 1.165) is 18.4 Å². The number of hydrogen-bond donors (Lipinski definition) is 0. The molecule has 1 saturated heterocycles. The van der Waals surface area contributed by atoms with Gasteiger partial charge < -0.3 is 14.2 Å². The number of pyridine rings is 1. The zero-order chi connectivity index (χ0) is 21.1. The van der Waals surface area contributed by atoms with Crippen LogP contribution in [0.3, 0.4) is 0 Å². The van der Waals surface area contributed by atoms with Crippen molar-refractivity contribution < 1.29 is 14.1 Å². The number of amides is 1. The van der Waals surface area contributed by atoms with E-state index in [-0.39, 0.29) is 17.9 Å². The van der Waals surface area contributed by atoms with Crippen LogP contribution < -0.4 is 4.74 Å². The van der Waals surface area contributed by atoms with Gasteiger partial charge in [0.1, 0.15) is 0 Å². The molecule has 2 atom stereocenters. The summed E-state index contributed by atoms with van der Waals surface area (Å²) in [7, 11) is 0. The Morgan fingerprint density at radius 3 is 2.80 bits per heavy atom. The minimum Gasteiger partial charge on any atom is -0.477 e. The van der Waals surface area contributed by atoms with Crippen molar-refractivity contribution in [3.8, 4) is 17.3 Å². The molecule has 4 rings (SSSR count). The van der Waals surface area contributed by atoms with Crippen LogP contribution in [0.15, 0.2) is 47.1 Å². The highest BCUT2D eigenvalue weighted by molar-refractivity contribution is 6.00. The van der Waals surface area contributed by atoms with Crippen molar-refractivity contribution in [1.82, 2.24) is 20.0 Å². The van der Waals surface area contributed by atoms with Crippen LogP contribution in [0.5, 0.6) is 5.88 Å². The summed E-state index contributed by atoms with van der Waals surface area (Å²) in [5, 5.41) is 3.86. The second-order valence-corrected chi connectivity index (χ2v) is 7.88. The average Bonchev–Trinajstić information content (AvgIpc) is 3.20. The fourth-order valence-corrected chi connectivity index (χ4v) is 3.84. The molecular weight excluding hydrogens is 380 g/mol. The number of nitrogens with zero attached hydrogens (tertiary/aromatic N) is 4. The van der Waals surface area contributed by atoms with Crippen LogP contribution in [-0.2, 0) is 0 Å². The minimum absolute atomic E-state index is 0.0207. The lowest BCUT2D eigenvalue weighted by Gasteiger charge is -2.38. The Balaban J connectivity index is 1.50. The van der Waals surface area contributed by atoms with Crippen LogP contribution in [0.2, 0.25) is 0 Å². The van der Waals surface area contributed by atoms with Crippen LogP contribution in [-0.4, -0.2) is 45.1 Å². The molecule has 3 heterocycles. The molecule has 156 valence electrons. The van der Waals surface area contributed by atoms with Crippen molar-refractivity contribution in [1.29, 1.82) is 0 Å². The van der Waals surface area contributed by atoms with Gasteiger partial charge in [-0.1, -0.05) is 23.4 Å². The molecule has 30 heavy (non-hydrogen) atoms. The predicted octanol–water partition coefficient (Wildman–Crippen LogP) is 4.07. The maximum absolute atomic E-state index is 13.5. The molecule has 1 aliphatic heterocycles. The molecular formula is C23H26N4O3. The topological polar surface area (TPSA) is 81.4 Å². The Bertz CT molecular complexity index is 1030. The molecule has 2 unspecified atom stereocenters. The van der Waals surface area contributed by atoms with E-state index < -0.39 is 0 Å². The van der Waals surface area contributed by atoms with E-state index in [0.29, 0.717) is 41.9 Å². The van der Waals surface area contributed by atoms with Gasteiger partial charge in [0.2, 0.25) is 5.88 Å². The Labute approximate surface area is 176 Å². The Morgan fingerprint density at radius 2 is 2.03 bits per heavy atom. The quantitative estimate of drug-likeness (QED) is 0.635. The third-order valence-electron chi connectivity index (χ3n) is 5.57. The van der Waals surface area contributed by atoms with Gasteiger partial charge in [-0.25, -0.2) is 4.98 Å². The molecule has 2 aromatic heterocycles. The average molecular weight is 406 g/mol. The van der Waals surface area contributed by atoms with Crippen LogP contribution in [0, 0.1) is 19.8 Å². The second-order valence-electron chi connectivity index (χ2n) is 7.88. The summed E-state index contributed by atoms with van der Waals surface area (Å²) in [6.07, 6.45) is 3.68. The molecule has 0 bridgehead atoms. The molecule has 0 aliphatic carbocycles. The van der Waals surface area contributed by atoms with E-state index in [9.17, 15) is 4.79 Å². The van der Waals surface area contributed by atoms with E-state index in [1.165, 1.54) is 0 Å². The normalized spacial score (nSPS) is 19.0. The minimum atomic E-state index is -0.0207. The van der Waals surface area contributed by atoms with Crippen molar-refractivity contribution in [2.24, 2.45) is 5.92 Å². The first-order valence-electron chi connectivity index (χ1n) is 10.3. The van der Waals surface area contributed by atoms with E-state index in [1.807, 2.05) is 48.2 Å². The Kier molecular flexibility index (Phi) is 5.79. The highest BCUT2D eigenvalue weighted by atomic mass is 16.5. The second kappa shape index (κ2) is 8.65. The SMILES string of the molecule is Cc1noc(-c2ccccc2C(=O)N2CC(COc3ncccc3C)CCC2C)n1. The van der Waals surface area contributed by atoms with Gasteiger partial charge in [0.05, 0.1) is 17.7 Å². The molecule has 7 heteroatoms. The predicted molar refractivity (Wildman–Crippen MR) is 112 cm³/mol. The highest BCUT2D eigenvalue weighted by Gasteiger charge is 2.31. The third-order valence-corrected chi connectivity index (χ3v) is 5.57. The summed E-state index contributed by atoms with van der Waals surface area (Å²) in [4.78, 5) is 24.0. The fourth-order valence-electron chi connectivity index (χ4n) is 3.84. The number of carbonyl (C=O) groups excluding carboxylic acids is 1. The molecule has 1 aliphatic rings. The lowest BCUT2D eigenvalue weighted by Crippen LogP contribution is -2.47. The number of benzene rings is 1. The summed E-state index contributed by atoms with van der Waals surface area (Å²) >= 11 is 0. The Morgan fingerprint density at radius 1 is 1.20 bits per heavy atom. The third kappa shape index (κ3) is 4.20. The van der Waals surface area contributed by atoms with Crippen molar-refractivity contribution in [3.63, 3.8) is 0 Å². The van der Waals surface area contributed by atoms with E-state index >= 15 is 0 Å². The molecule has 7 nitrogen and oxygen atoms in total. The summed E-state index contributed by atoms with van der Waals surface area (Å²) in [6, 6.07) is 11.4. The molecule has 1 fully saturated rings. The number of likely N-dealkylation sites (tertiary alicyclic amines) is 1. The number of piperidine rings is 1. The number of ether oxygens (including phenoxy) is 1. The zero-order valence-electron chi connectivity index (χ0n) is 17.5. The van der Waals surface area contributed by atoms with Gasteiger partial charge in [0, 0.05) is 30.3 Å². The van der Waals surface area contributed by atoms with E-state index in [2.05, 4.69) is 22.0 Å². The monoisotopic (exact) mass is 406 g/mol. The van der Waals surface area contributed by atoms with Crippen LogP contribution in [0.4, 0.5) is 0 Å². The molecule has 0 radical (unpaired) electrons. The smallest absolute Gasteiger partial charge is 0.258 e. The molecule has 0 saturated carbocycles. The van der Waals surface area contributed by atoms with Crippen LogP contribution >= 0.6 is 0 Å². The summed E-state index contributed by atoms with van der Waals surface area (Å²) in [6.45, 7) is 7.02. The van der Waals surface area contributed by atoms with Crippen molar-refractivity contribution in [3.05, 3.63) is 59.5 Å². The number of rotatable bonds is 5. The molecule has 0 spiro atoms. The molecule has 0 N–H and O–H groups in total. The van der Waals surface area contributed by atoms with Crippen LogP contribution in [0.25, 0.3) is 11.5 Å². The number of hydrogen-bond acceptors (Lipinski definition) is 6. The van der Waals surface area contributed by atoms with Gasteiger partial charge in [-0.2, -0.15) is 4.98 Å². The first-order valence-corrected chi connectivity index (χ1v) is 10.3. The maximum Gasteiger partial charge on any atom is 0.258 e. The first kappa shape index (κ1) is 20.1. The number of carbonyl (C=O) groups is 1. The molecule has 1 aromatic carbocycles. The van der Waals surface area contributed by atoms with Gasteiger partial charge in [0.25, 0.3) is 11.8 Å². The highest BCUT2D eigenvalue weighted by Crippen LogP contribution is 2.28. The first-order chi connectivity index (χ1) is 14.5. The summed E-state index contributed by atoms with van der Waals surface area (Å²) in [5.74, 6) is 1.80.